The number of benzene rings is 1. The minimum atomic E-state index is -0.477. The van der Waals surface area contributed by atoms with Gasteiger partial charge in [0.25, 0.3) is 0 Å². The molecule has 0 bridgehead atoms. The highest BCUT2D eigenvalue weighted by atomic mass is 79.9. The number of thiocarbonyl (C=S) groups is 1. The van der Waals surface area contributed by atoms with Gasteiger partial charge in [-0.15, -0.1) is 0 Å². The van der Waals surface area contributed by atoms with Crippen LogP contribution in [0.1, 0.15) is 25.5 Å². The van der Waals surface area contributed by atoms with Gasteiger partial charge in [-0.2, -0.15) is 0 Å². The highest BCUT2D eigenvalue weighted by Gasteiger charge is 2.30. The van der Waals surface area contributed by atoms with Gasteiger partial charge in [-0.25, -0.2) is 0 Å². The lowest BCUT2D eigenvalue weighted by atomic mass is 9.92. The van der Waals surface area contributed by atoms with Crippen molar-refractivity contribution in [1.29, 1.82) is 0 Å². The number of aromatic hydroxyl groups is 1. The first-order valence-corrected chi connectivity index (χ1v) is 7.77. The Bertz CT molecular complexity index is 644. The minimum Gasteiger partial charge on any atom is -0.506 e. The molecule has 4 nitrogen and oxygen atoms in total. The molecule has 1 aliphatic heterocycles. The third kappa shape index (κ3) is 2.89. The van der Waals surface area contributed by atoms with E-state index in [-0.39, 0.29) is 11.5 Å². The second-order valence-corrected chi connectivity index (χ2v) is 6.63. The lowest BCUT2D eigenvalue weighted by molar-refractivity contribution is -0.114. The molecule has 1 aliphatic rings. The van der Waals surface area contributed by atoms with Crippen molar-refractivity contribution < 1.29 is 9.90 Å². The summed E-state index contributed by atoms with van der Waals surface area (Å²) in [5.41, 5.74) is 1.83. The summed E-state index contributed by atoms with van der Waals surface area (Å²) in [6.45, 7) is 3.29. The summed E-state index contributed by atoms with van der Waals surface area (Å²) in [5, 5.41) is 16.6. The molecule has 1 heterocycles. The highest BCUT2D eigenvalue weighted by molar-refractivity contribution is 9.11. The number of phenols is 1. The number of allylic oxidation sites excluding steroid dienone is 1. The van der Waals surface area contributed by atoms with E-state index in [1.54, 1.807) is 19.1 Å². The maximum atomic E-state index is 11.9. The standard InChI is InChI=1S/C13H12Br2N2O2S/c1-5-10(6(2)18)11(17-13(20)16-5)8-3-7(14)4-9(15)12(8)19/h3-4,11,19H,1-2H3,(H2,16,17,20)/t11-/m1/s1. The van der Waals surface area contributed by atoms with Crippen LogP contribution in [0, 0.1) is 0 Å². The van der Waals surface area contributed by atoms with Crippen LogP contribution in [-0.4, -0.2) is 16.0 Å². The Balaban J connectivity index is 2.63. The van der Waals surface area contributed by atoms with Crippen molar-refractivity contribution in [2.45, 2.75) is 19.9 Å². The molecule has 106 valence electrons. The van der Waals surface area contributed by atoms with Gasteiger partial charge in [0, 0.05) is 21.3 Å². The van der Waals surface area contributed by atoms with E-state index < -0.39 is 6.04 Å². The van der Waals surface area contributed by atoms with Gasteiger partial charge in [0.2, 0.25) is 0 Å². The molecule has 0 aromatic heterocycles. The maximum absolute atomic E-state index is 11.9. The van der Waals surface area contributed by atoms with Gasteiger partial charge in [-0.3, -0.25) is 4.79 Å². The van der Waals surface area contributed by atoms with Gasteiger partial charge in [0.05, 0.1) is 10.5 Å². The third-order valence-electron chi connectivity index (χ3n) is 3.02. The van der Waals surface area contributed by atoms with E-state index in [4.69, 9.17) is 12.2 Å². The van der Waals surface area contributed by atoms with E-state index in [0.717, 1.165) is 4.47 Å². The van der Waals surface area contributed by atoms with Gasteiger partial charge in [0.1, 0.15) is 5.75 Å². The zero-order chi connectivity index (χ0) is 15.0. The number of nitrogens with one attached hydrogen (secondary N) is 2. The normalized spacial score (nSPS) is 18.6. The molecule has 0 fully saturated rings. The Morgan fingerprint density at radius 1 is 1.40 bits per heavy atom. The number of carbonyl (C=O) groups is 1. The molecule has 3 N–H and O–H groups in total. The van der Waals surface area contributed by atoms with E-state index >= 15 is 0 Å². The Kier molecular flexibility index (Phi) is 4.51. The Hall–Kier alpha value is -0.920. The summed E-state index contributed by atoms with van der Waals surface area (Å²) >= 11 is 11.8. The monoisotopic (exact) mass is 418 g/mol. The molecule has 0 radical (unpaired) electrons. The molecule has 1 aromatic carbocycles. The summed E-state index contributed by atoms with van der Waals surface area (Å²) in [6.07, 6.45) is 0. The van der Waals surface area contributed by atoms with E-state index in [1.165, 1.54) is 6.92 Å². The third-order valence-corrected chi connectivity index (χ3v) is 4.30. The Morgan fingerprint density at radius 2 is 2.05 bits per heavy atom. The van der Waals surface area contributed by atoms with Crippen molar-refractivity contribution in [1.82, 2.24) is 10.6 Å². The first-order chi connectivity index (χ1) is 9.31. The quantitative estimate of drug-likeness (QED) is 0.642. The fourth-order valence-electron chi connectivity index (χ4n) is 2.20. The van der Waals surface area contributed by atoms with E-state index in [0.29, 0.717) is 26.4 Å². The maximum Gasteiger partial charge on any atom is 0.171 e. The predicted molar refractivity (Wildman–Crippen MR) is 88.5 cm³/mol. The van der Waals surface area contributed by atoms with Gasteiger partial charge in [-0.05, 0) is 54.1 Å². The van der Waals surface area contributed by atoms with Gasteiger partial charge in [-0.1, -0.05) is 15.9 Å². The van der Waals surface area contributed by atoms with E-state index in [1.807, 2.05) is 0 Å². The molecule has 20 heavy (non-hydrogen) atoms. The average Bonchev–Trinajstić information content (AvgIpc) is 2.32. The molecule has 0 spiro atoms. The van der Waals surface area contributed by atoms with E-state index in [2.05, 4.69) is 42.5 Å². The van der Waals surface area contributed by atoms with Crippen LogP contribution >= 0.6 is 44.1 Å². The largest absolute Gasteiger partial charge is 0.506 e. The fraction of sp³-hybridized carbons (Fsp3) is 0.231. The molecular formula is C13H12Br2N2O2S. The van der Waals surface area contributed by atoms with Crippen molar-refractivity contribution in [3.8, 4) is 5.75 Å². The van der Waals surface area contributed by atoms with Crippen LogP contribution in [0.15, 0.2) is 32.3 Å². The van der Waals surface area contributed by atoms with Crippen molar-refractivity contribution in [2.24, 2.45) is 0 Å². The van der Waals surface area contributed by atoms with Crippen LogP contribution in [0.25, 0.3) is 0 Å². The van der Waals surface area contributed by atoms with Crippen LogP contribution in [0.4, 0.5) is 0 Å². The van der Waals surface area contributed by atoms with Crippen LogP contribution in [0.5, 0.6) is 5.75 Å². The zero-order valence-corrected chi connectivity index (χ0v) is 14.7. The number of rotatable bonds is 2. The van der Waals surface area contributed by atoms with Gasteiger partial charge >= 0.3 is 0 Å². The molecule has 0 aliphatic carbocycles. The molecule has 0 unspecified atom stereocenters. The second-order valence-electron chi connectivity index (χ2n) is 4.45. The van der Waals surface area contributed by atoms with Crippen LogP contribution < -0.4 is 10.6 Å². The molecular weight excluding hydrogens is 408 g/mol. The fourth-order valence-corrected chi connectivity index (χ4v) is 3.73. The molecule has 1 aromatic rings. The number of halogens is 2. The van der Waals surface area contributed by atoms with Crippen molar-refractivity contribution >= 4 is 55.0 Å². The summed E-state index contributed by atoms with van der Waals surface area (Å²) < 4.78 is 1.35. The smallest absolute Gasteiger partial charge is 0.171 e. The van der Waals surface area contributed by atoms with Gasteiger partial charge < -0.3 is 15.7 Å². The summed E-state index contributed by atoms with van der Waals surface area (Å²) in [7, 11) is 0. The first kappa shape index (κ1) is 15.5. The zero-order valence-electron chi connectivity index (χ0n) is 10.8. The molecule has 1 atom stereocenters. The molecule has 2 rings (SSSR count). The molecule has 0 amide bonds. The SMILES string of the molecule is CC(=O)C1=C(C)NC(=S)N[C@@H]1c1cc(Br)cc(Br)c1O. The Morgan fingerprint density at radius 3 is 2.65 bits per heavy atom. The van der Waals surface area contributed by atoms with Crippen LogP contribution in [0.2, 0.25) is 0 Å². The number of ketones is 1. The summed E-state index contributed by atoms with van der Waals surface area (Å²) in [4.78, 5) is 11.9. The Labute approximate surface area is 138 Å². The highest BCUT2D eigenvalue weighted by Crippen LogP contribution is 2.39. The summed E-state index contributed by atoms with van der Waals surface area (Å²) in [6, 6.07) is 3.03. The van der Waals surface area contributed by atoms with Crippen molar-refractivity contribution in [3.05, 3.63) is 37.9 Å². The average molecular weight is 420 g/mol. The first-order valence-electron chi connectivity index (χ1n) is 5.78. The number of Topliss-reactive ketones (excluding diaryl/α,β-unsaturated/α-hetero) is 1. The topological polar surface area (TPSA) is 61.4 Å². The second kappa shape index (κ2) is 5.83. The number of hydrogen-bond donors (Lipinski definition) is 3. The number of carbonyl (C=O) groups excluding carboxylic acids is 1. The van der Waals surface area contributed by atoms with Gasteiger partial charge in [0.15, 0.2) is 10.9 Å². The number of phenolic OH excluding ortho intramolecular Hbond substituents is 1. The lowest BCUT2D eigenvalue weighted by Crippen LogP contribution is -2.44. The number of hydrogen-bond acceptors (Lipinski definition) is 3. The molecule has 0 saturated carbocycles. The van der Waals surface area contributed by atoms with Crippen LogP contribution in [-0.2, 0) is 4.79 Å². The van der Waals surface area contributed by atoms with Crippen molar-refractivity contribution in [2.75, 3.05) is 0 Å². The minimum absolute atomic E-state index is 0.0782. The predicted octanol–water partition coefficient (Wildman–Crippen LogP) is 3.30. The summed E-state index contributed by atoms with van der Waals surface area (Å²) in [5.74, 6) is 0.00690. The van der Waals surface area contributed by atoms with E-state index in [9.17, 15) is 9.90 Å². The molecule has 0 saturated heterocycles. The molecule has 7 heteroatoms. The lowest BCUT2D eigenvalue weighted by Gasteiger charge is -2.30. The van der Waals surface area contributed by atoms with Crippen molar-refractivity contribution in [3.63, 3.8) is 0 Å². The van der Waals surface area contributed by atoms with Crippen LogP contribution in [0.3, 0.4) is 0 Å².